The van der Waals surface area contributed by atoms with Gasteiger partial charge in [0.15, 0.2) is 5.41 Å². The van der Waals surface area contributed by atoms with Crippen LogP contribution in [0.15, 0.2) is 43.0 Å². The van der Waals surface area contributed by atoms with Gasteiger partial charge >= 0.3 is 5.97 Å². The average Bonchev–Trinajstić information content (AvgIpc) is 3.14. The minimum absolute atomic E-state index is 0.00903. The highest BCUT2D eigenvalue weighted by Gasteiger charge is 2.62. The van der Waals surface area contributed by atoms with Crippen LogP contribution in [0.5, 0.6) is 0 Å². The summed E-state index contributed by atoms with van der Waals surface area (Å²) in [5, 5.41) is 3.32. The largest absolute Gasteiger partial charge is 0.468 e. The van der Waals surface area contributed by atoms with Crippen LogP contribution in [0.2, 0.25) is 0 Å². The Kier molecular flexibility index (Phi) is 5.60. The number of nitrogens with zero attached hydrogens (tertiary/aromatic N) is 2. The molecule has 0 radical (unpaired) electrons. The van der Waals surface area contributed by atoms with Crippen LogP contribution in [0, 0.1) is 16.7 Å². The summed E-state index contributed by atoms with van der Waals surface area (Å²) in [6.07, 6.45) is 10.2. The predicted molar refractivity (Wildman–Crippen MR) is 123 cm³/mol. The van der Waals surface area contributed by atoms with Crippen molar-refractivity contribution >= 4 is 11.9 Å². The molecule has 0 aromatic carbocycles. The Morgan fingerprint density at radius 2 is 1.84 bits per heavy atom. The quantitative estimate of drug-likeness (QED) is 0.541. The van der Waals surface area contributed by atoms with Gasteiger partial charge in [-0.15, -0.1) is 0 Å². The Morgan fingerprint density at radius 1 is 1.16 bits per heavy atom. The lowest BCUT2D eigenvalue weighted by Crippen LogP contribution is -2.56. The van der Waals surface area contributed by atoms with E-state index in [0.717, 1.165) is 24.0 Å². The summed E-state index contributed by atoms with van der Waals surface area (Å²) in [4.78, 5) is 35.7. The van der Waals surface area contributed by atoms with Gasteiger partial charge in [-0.1, -0.05) is 27.7 Å². The van der Waals surface area contributed by atoms with Crippen LogP contribution in [0.1, 0.15) is 58.9 Å². The number of carbonyl (C=O) groups is 2. The minimum Gasteiger partial charge on any atom is -0.468 e. The van der Waals surface area contributed by atoms with E-state index in [2.05, 4.69) is 36.1 Å². The normalized spacial score (nSPS) is 27.5. The van der Waals surface area contributed by atoms with Crippen molar-refractivity contribution in [1.82, 2.24) is 15.3 Å². The van der Waals surface area contributed by atoms with Crippen molar-refractivity contribution in [3.63, 3.8) is 0 Å². The fourth-order valence-electron chi connectivity index (χ4n) is 6.23. The smallest absolute Gasteiger partial charge is 0.325 e. The first-order valence-corrected chi connectivity index (χ1v) is 11.5. The van der Waals surface area contributed by atoms with Gasteiger partial charge in [0.1, 0.15) is 0 Å². The molecule has 0 spiro atoms. The monoisotopic (exact) mass is 435 g/mol. The summed E-state index contributed by atoms with van der Waals surface area (Å²) < 4.78 is 5.23. The molecule has 2 heterocycles. The maximum atomic E-state index is 14.0. The number of aromatic nitrogens is 2. The van der Waals surface area contributed by atoms with Gasteiger partial charge in [-0.05, 0) is 71.8 Å². The predicted octanol–water partition coefficient (Wildman–Crippen LogP) is 4.30. The van der Waals surface area contributed by atoms with Crippen LogP contribution >= 0.6 is 0 Å². The molecule has 2 aromatic rings. The van der Waals surface area contributed by atoms with E-state index in [4.69, 9.17) is 4.74 Å². The highest BCUT2D eigenvalue weighted by molar-refractivity contribution is 6.10. The third-order valence-electron chi connectivity index (χ3n) is 8.82. The van der Waals surface area contributed by atoms with Crippen molar-refractivity contribution in [1.29, 1.82) is 0 Å². The van der Waals surface area contributed by atoms with E-state index >= 15 is 0 Å². The van der Waals surface area contributed by atoms with Gasteiger partial charge in [0.2, 0.25) is 5.91 Å². The van der Waals surface area contributed by atoms with Gasteiger partial charge in [-0.3, -0.25) is 19.6 Å². The molecule has 32 heavy (non-hydrogen) atoms. The molecule has 2 aliphatic carbocycles. The number of nitrogens with one attached hydrogen (secondary N) is 1. The third kappa shape index (κ3) is 3.06. The fourth-order valence-corrected chi connectivity index (χ4v) is 6.23. The van der Waals surface area contributed by atoms with Gasteiger partial charge in [-0.25, -0.2) is 0 Å². The van der Waals surface area contributed by atoms with Crippen LogP contribution in [0.25, 0.3) is 11.1 Å². The second kappa shape index (κ2) is 7.98. The lowest BCUT2D eigenvalue weighted by molar-refractivity contribution is -0.153. The van der Waals surface area contributed by atoms with E-state index in [1.807, 2.05) is 19.1 Å². The van der Waals surface area contributed by atoms with E-state index in [0.29, 0.717) is 11.5 Å². The summed E-state index contributed by atoms with van der Waals surface area (Å²) in [5.74, 6) is -0.255. The Bertz CT molecular complexity index is 1020. The molecule has 6 heteroatoms. The molecule has 2 saturated carbocycles. The molecular weight excluding hydrogens is 402 g/mol. The Labute approximate surface area is 190 Å². The van der Waals surface area contributed by atoms with Crippen molar-refractivity contribution in [3.8, 4) is 11.1 Å². The standard InChI is InChI=1S/C26H33N3O3/c1-6-26(23(31)32-5,20-10-14-28-16-19(20)17-8-12-27-13-9-17)22(30)29-21-15-18-7-11-25(21,4)24(18,2)3/h8-10,12-14,16,18,21H,6-7,11,15H2,1-5H3,(H,29,30). The number of hydrogen-bond donors (Lipinski definition) is 1. The van der Waals surface area contributed by atoms with Gasteiger partial charge in [0.25, 0.3) is 0 Å². The average molecular weight is 436 g/mol. The zero-order valence-electron chi connectivity index (χ0n) is 19.6. The Hall–Kier alpha value is -2.76. The topological polar surface area (TPSA) is 81.2 Å². The lowest BCUT2D eigenvalue weighted by Gasteiger charge is -2.41. The van der Waals surface area contributed by atoms with Crippen molar-refractivity contribution in [3.05, 3.63) is 48.5 Å². The van der Waals surface area contributed by atoms with Crippen LogP contribution in [0.3, 0.4) is 0 Å². The molecule has 4 rings (SSSR count). The van der Waals surface area contributed by atoms with Crippen LogP contribution in [0.4, 0.5) is 0 Å². The molecule has 2 bridgehead atoms. The second-order valence-corrected chi connectivity index (χ2v) is 10.0. The van der Waals surface area contributed by atoms with E-state index in [1.54, 1.807) is 30.9 Å². The number of ether oxygens (including phenoxy) is 1. The Balaban J connectivity index is 1.78. The lowest BCUT2D eigenvalue weighted by atomic mass is 9.68. The van der Waals surface area contributed by atoms with E-state index in [-0.39, 0.29) is 29.2 Å². The summed E-state index contributed by atoms with van der Waals surface area (Å²) in [5.41, 5.74) is 0.901. The molecule has 2 fully saturated rings. The number of hydrogen-bond acceptors (Lipinski definition) is 5. The number of rotatable bonds is 6. The molecule has 170 valence electrons. The highest BCUT2D eigenvalue weighted by Crippen LogP contribution is 2.65. The second-order valence-electron chi connectivity index (χ2n) is 10.0. The van der Waals surface area contributed by atoms with Gasteiger partial charge in [0, 0.05) is 36.4 Å². The van der Waals surface area contributed by atoms with Gasteiger partial charge < -0.3 is 10.1 Å². The first kappa shape index (κ1) is 22.4. The van der Waals surface area contributed by atoms with Crippen LogP contribution < -0.4 is 5.32 Å². The zero-order chi connectivity index (χ0) is 23.1. The number of fused-ring (bicyclic) bond motifs is 2. The number of carbonyl (C=O) groups excluding carboxylic acids is 2. The molecule has 2 aromatic heterocycles. The fraction of sp³-hybridized carbons (Fsp3) is 0.538. The highest BCUT2D eigenvalue weighted by atomic mass is 16.5. The van der Waals surface area contributed by atoms with Crippen molar-refractivity contribution in [2.24, 2.45) is 16.7 Å². The summed E-state index contributed by atoms with van der Waals surface area (Å²) in [6.45, 7) is 8.77. The Morgan fingerprint density at radius 3 is 2.41 bits per heavy atom. The number of pyridine rings is 2. The molecule has 2 aliphatic rings. The molecule has 1 amide bonds. The van der Waals surface area contributed by atoms with Crippen LogP contribution in [-0.2, 0) is 19.7 Å². The van der Waals surface area contributed by atoms with Gasteiger partial charge in [0.05, 0.1) is 7.11 Å². The van der Waals surface area contributed by atoms with E-state index < -0.39 is 11.4 Å². The molecule has 6 nitrogen and oxygen atoms in total. The molecule has 4 unspecified atom stereocenters. The molecule has 0 saturated heterocycles. The van der Waals surface area contributed by atoms with Crippen LogP contribution in [-0.4, -0.2) is 35.0 Å². The number of amides is 1. The summed E-state index contributed by atoms with van der Waals surface area (Å²) >= 11 is 0. The third-order valence-corrected chi connectivity index (χ3v) is 8.82. The van der Waals surface area contributed by atoms with Crippen molar-refractivity contribution < 1.29 is 14.3 Å². The number of methoxy groups -OCH3 is 1. The SMILES string of the molecule is CCC(C(=O)NC1CC2CCC1(C)C2(C)C)(C(=O)OC)c1ccncc1-c1ccncc1. The molecular formula is C26H33N3O3. The zero-order valence-corrected chi connectivity index (χ0v) is 19.6. The van der Waals surface area contributed by atoms with Crippen molar-refractivity contribution in [2.45, 2.75) is 64.8 Å². The summed E-state index contributed by atoms with van der Waals surface area (Å²) in [6, 6.07) is 5.51. The van der Waals surface area contributed by atoms with Gasteiger partial charge in [-0.2, -0.15) is 0 Å². The molecule has 0 aliphatic heterocycles. The maximum Gasteiger partial charge on any atom is 0.325 e. The van der Waals surface area contributed by atoms with E-state index in [1.165, 1.54) is 13.5 Å². The minimum atomic E-state index is -1.46. The first-order chi connectivity index (χ1) is 15.2. The van der Waals surface area contributed by atoms with E-state index in [9.17, 15) is 9.59 Å². The maximum absolute atomic E-state index is 14.0. The number of esters is 1. The molecule has 4 atom stereocenters. The first-order valence-electron chi connectivity index (χ1n) is 11.5. The molecule has 1 N–H and O–H groups in total. The summed E-state index contributed by atoms with van der Waals surface area (Å²) in [7, 11) is 1.34. The van der Waals surface area contributed by atoms with Crippen molar-refractivity contribution in [2.75, 3.05) is 7.11 Å².